The molecule has 0 saturated heterocycles. The van der Waals surface area contributed by atoms with E-state index < -0.39 is 11.9 Å². The van der Waals surface area contributed by atoms with E-state index in [-0.39, 0.29) is 24.6 Å². The van der Waals surface area contributed by atoms with Gasteiger partial charge in [-0.2, -0.15) is 0 Å². The summed E-state index contributed by atoms with van der Waals surface area (Å²) in [5.74, 6) is -1.32. The van der Waals surface area contributed by atoms with Gasteiger partial charge in [-0.05, 0) is 39.0 Å². The van der Waals surface area contributed by atoms with Crippen LogP contribution in [0.5, 0.6) is 0 Å². The van der Waals surface area contributed by atoms with Crippen molar-refractivity contribution in [2.24, 2.45) is 0 Å². The lowest BCUT2D eigenvalue weighted by atomic mass is 10.0. The number of pyridine rings is 2. The Kier molecular flexibility index (Phi) is 4.39. The van der Waals surface area contributed by atoms with Gasteiger partial charge in [0.2, 0.25) is 5.91 Å². The summed E-state index contributed by atoms with van der Waals surface area (Å²) in [6.07, 6.45) is 1.61. The van der Waals surface area contributed by atoms with Crippen molar-refractivity contribution in [3.63, 3.8) is 0 Å². The van der Waals surface area contributed by atoms with Crippen LogP contribution in [0.1, 0.15) is 31.0 Å². The maximum atomic E-state index is 13.0. The first kappa shape index (κ1) is 16.9. The Hall–Kier alpha value is -2.96. The Morgan fingerprint density at radius 3 is 2.88 bits per heavy atom. The second-order valence-corrected chi connectivity index (χ2v) is 5.93. The standard InChI is InChI=1S/C18H19N3O4/c1-4-25-14(22)9-21-13-8-10(2)17(23)20-16(13)12-6-5-7-19-15(12)11(3)18(21)24/h5-8,11H,4,9H2,1-3H3,(H,20,23). The number of esters is 1. The topological polar surface area (TPSA) is 92.4 Å². The maximum absolute atomic E-state index is 13.0. The van der Waals surface area contributed by atoms with Crippen LogP contribution in [0.2, 0.25) is 0 Å². The average Bonchev–Trinajstić information content (AvgIpc) is 2.67. The number of nitrogens with one attached hydrogen (secondary N) is 1. The number of amides is 1. The van der Waals surface area contributed by atoms with Crippen LogP contribution in [0.3, 0.4) is 0 Å². The lowest BCUT2D eigenvalue weighted by molar-refractivity contribution is -0.142. The van der Waals surface area contributed by atoms with Crippen molar-refractivity contribution < 1.29 is 14.3 Å². The molecule has 0 saturated carbocycles. The Morgan fingerprint density at radius 2 is 2.16 bits per heavy atom. The minimum atomic E-state index is -0.554. The van der Waals surface area contributed by atoms with Crippen LogP contribution in [0.4, 0.5) is 5.69 Å². The fourth-order valence-electron chi connectivity index (χ4n) is 2.98. The Balaban J connectivity index is 2.23. The minimum Gasteiger partial charge on any atom is -0.465 e. The largest absolute Gasteiger partial charge is 0.465 e. The second-order valence-electron chi connectivity index (χ2n) is 5.93. The van der Waals surface area contributed by atoms with Crippen molar-refractivity contribution in [2.45, 2.75) is 26.7 Å². The van der Waals surface area contributed by atoms with Crippen LogP contribution < -0.4 is 10.5 Å². The van der Waals surface area contributed by atoms with Gasteiger partial charge >= 0.3 is 5.97 Å². The van der Waals surface area contributed by atoms with E-state index in [1.165, 1.54) is 4.90 Å². The molecule has 0 fully saturated rings. The molecule has 2 aromatic heterocycles. The number of fused-ring (bicyclic) bond motifs is 3. The number of hydrogen-bond donors (Lipinski definition) is 1. The van der Waals surface area contributed by atoms with Gasteiger partial charge in [0.15, 0.2) is 0 Å². The molecule has 0 spiro atoms. The van der Waals surface area contributed by atoms with Gasteiger partial charge in [-0.15, -0.1) is 0 Å². The first-order valence-electron chi connectivity index (χ1n) is 8.10. The summed E-state index contributed by atoms with van der Waals surface area (Å²) >= 11 is 0. The molecule has 0 aromatic carbocycles. The highest BCUT2D eigenvalue weighted by Gasteiger charge is 2.34. The predicted molar refractivity (Wildman–Crippen MR) is 92.4 cm³/mol. The van der Waals surface area contributed by atoms with Crippen LogP contribution in [0.15, 0.2) is 29.2 Å². The first-order valence-corrected chi connectivity index (χ1v) is 8.10. The van der Waals surface area contributed by atoms with Crippen molar-refractivity contribution in [1.82, 2.24) is 9.97 Å². The zero-order valence-corrected chi connectivity index (χ0v) is 14.3. The molecule has 3 rings (SSSR count). The molecule has 7 nitrogen and oxygen atoms in total. The number of carbonyl (C=O) groups excluding carboxylic acids is 2. The number of aryl methyl sites for hydroxylation is 1. The monoisotopic (exact) mass is 341 g/mol. The van der Waals surface area contributed by atoms with Crippen LogP contribution in [0, 0.1) is 6.92 Å². The van der Waals surface area contributed by atoms with Crippen molar-refractivity contribution in [3.8, 4) is 11.3 Å². The van der Waals surface area contributed by atoms with Crippen LogP contribution in [-0.2, 0) is 14.3 Å². The third-order valence-electron chi connectivity index (χ3n) is 4.24. The zero-order chi connectivity index (χ0) is 18.1. The number of carbonyl (C=O) groups is 2. The van der Waals surface area contributed by atoms with Crippen LogP contribution >= 0.6 is 0 Å². The molecule has 0 bridgehead atoms. The van der Waals surface area contributed by atoms with Gasteiger partial charge in [-0.3, -0.25) is 24.3 Å². The lowest BCUT2D eigenvalue weighted by Gasteiger charge is -2.23. The van der Waals surface area contributed by atoms with E-state index >= 15 is 0 Å². The number of ether oxygens (including phenoxy) is 1. The highest BCUT2D eigenvalue weighted by atomic mass is 16.5. The predicted octanol–water partition coefficient (Wildman–Crippen LogP) is 1.76. The molecule has 130 valence electrons. The number of rotatable bonds is 3. The van der Waals surface area contributed by atoms with Gasteiger partial charge < -0.3 is 9.72 Å². The van der Waals surface area contributed by atoms with E-state index in [2.05, 4.69) is 9.97 Å². The average molecular weight is 341 g/mol. The summed E-state index contributed by atoms with van der Waals surface area (Å²) in [5.41, 5.74) is 2.43. The summed E-state index contributed by atoms with van der Waals surface area (Å²) < 4.78 is 4.99. The highest BCUT2D eigenvalue weighted by molar-refractivity contribution is 6.06. The van der Waals surface area contributed by atoms with Crippen LogP contribution in [0.25, 0.3) is 11.3 Å². The van der Waals surface area contributed by atoms with E-state index in [4.69, 9.17) is 4.74 Å². The smallest absolute Gasteiger partial charge is 0.326 e. The Labute approximate surface area is 144 Å². The van der Waals surface area contributed by atoms with Gasteiger partial charge in [0.05, 0.1) is 29.6 Å². The second kappa shape index (κ2) is 6.51. The van der Waals surface area contributed by atoms with Gasteiger partial charge in [-0.25, -0.2) is 0 Å². The van der Waals surface area contributed by atoms with E-state index in [1.807, 2.05) is 6.07 Å². The summed E-state index contributed by atoms with van der Waals surface area (Å²) in [4.78, 5) is 45.7. The number of aromatic amines is 1. The minimum absolute atomic E-state index is 0.219. The van der Waals surface area contributed by atoms with Gasteiger partial charge in [0.1, 0.15) is 6.54 Å². The molecule has 1 aliphatic heterocycles. The molecule has 1 aliphatic rings. The number of H-pyrrole nitrogens is 1. The van der Waals surface area contributed by atoms with E-state index in [1.54, 1.807) is 39.1 Å². The van der Waals surface area contributed by atoms with Crippen molar-refractivity contribution in [3.05, 3.63) is 46.0 Å². The van der Waals surface area contributed by atoms with E-state index in [9.17, 15) is 14.4 Å². The molecular formula is C18H19N3O4. The molecule has 1 N–H and O–H groups in total. The third-order valence-corrected chi connectivity index (χ3v) is 4.24. The summed E-state index contributed by atoms with van der Waals surface area (Å²) in [5, 5.41) is 0. The number of nitrogens with zero attached hydrogens (tertiary/aromatic N) is 2. The van der Waals surface area contributed by atoms with Gasteiger partial charge in [0, 0.05) is 17.3 Å². The van der Waals surface area contributed by atoms with Crippen molar-refractivity contribution in [2.75, 3.05) is 18.1 Å². The van der Waals surface area contributed by atoms with E-state index in [0.29, 0.717) is 28.2 Å². The van der Waals surface area contributed by atoms with Crippen molar-refractivity contribution in [1.29, 1.82) is 0 Å². The van der Waals surface area contributed by atoms with Crippen molar-refractivity contribution >= 4 is 17.6 Å². The van der Waals surface area contributed by atoms with Gasteiger partial charge in [0.25, 0.3) is 5.56 Å². The summed E-state index contributed by atoms with van der Waals surface area (Å²) in [7, 11) is 0. The third kappa shape index (κ3) is 2.93. The van der Waals surface area contributed by atoms with Gasteiger partial charge in [-0.1, -0.05) is 0 Å². The fourth-order valence-corrected chi connectivity index (χ4v) is 2.98. The summed E-state index contributed by atoms with van der Waals surface area (Å²) in [6, 6.07) is 5.18. The number of anilines is 1. The molecule has 1 amide bonds. The molecule has 0 aliphatic carbocycles. The molecule has 25 heavy (non-hydrogen) atoms. The lowest BCUT2D eigenvalue weighted by Crippen LogP contribution is -2.39. The number of hydrogen-bond acceptors (Lipinski definition) is 5. The molecule has 3 heterocycles. The Morgan fingerprint density at radius 1 is 1.40 bits per heavy atom. The van der Waals surface area contributed by atoms with E-state index in [0.717, 1.165) is 0 Å². The molecule has 7 heteroatoms. The quantitative estimate of drug-likeness (QED) is 0.859. The summed E-state index contributed by atoms with van der Waals surface area (Å²) in [6.45, 7) is 5.12. The van der Waals surface area contributed by atoms with Crippen LogP contribution in [-0.4, -0.2) is 35.0 Å². The number of aromatic nitrogens is 2. The molecule has 2 aromatic rings. The highest BCUT2D eigenvalue weighted by Crippen LogP contribution is 2.38. The first-order chi connectivity index (χ1) is 11.9. The SMILES string of the molecule is CCOC(=O)CN1C(=O)C(C)c2ncccc2-c2[nH]c(=O)c(C)cc21. The fraction of sp³-hybridized carbons (Fsp3) is 0.333. The maximum Gasteiger partial charge on any atom is 0.326 e. The molecule has 0 radical (unpaired) electrons. The zero-order valence-electron chi connectivity index (χ0n) is 14.3. The molecular weight excluding hydrogens is 322 g/mol. The molecule has 1 atom stereocenters. The normalized spacial score (nSPS) is 16.0. The molecule has 1 unspecified atom stereocenters. The Bertz CT molecular complexity index is 903.